The number of nitro groups is 1. The van der Waals surface area contributed by atoms with E-state index in [-0.39, 0.29) is 17.6 Å². The highest BCUT2D eigenvalue weighted by Crippen LogP contribution is 2.26. The molecule has 94 valence electrons. The Morgan fingerprint density at radius 1 is 1.50 bits per heavy atom. The number of thiocarbonyl (C=S) groups is 1. The van der Waals surface area contributed by atoms with Crippen molar-refractivity contribution in [3.8, 4) is 0 Å². The molecule has 1 aliphatic heterocycles. The van der Waals surface area contributed by atoms with Crippen LogP contribution in [0.25, 0.3) is 0 Å². The van der Waals surface area contributed by atoms with E-state index < -0.39 is 4.92 Å². The molecule has 1 unspecified atom stereocenters. The van der Waals surface area contributed by atoms with Gasteiger partial charge < -0.3 is 0 Å². The van der Waals surface area contributed by atoms with Crippen LogP contribution in [0.3, 0.4) is 0 Å². The van der Waals surface area contributed by atoms with Gasteiger partial charge in [-0.1, -0.05) is 24.0 Å². The van der Waals surface area contributed by atoms with Gasteiger partial charge in [0.25, 0.3) is 11.6 Å². The fourth-order valence-corrected chi connectivity index (χ4v) is 3.07. The number of hydrogen-bond donors (Lipinski definition) is 0. The molecule has 7 heteroatoms. The van der Waals surface area contributed by atoms with Crippen LogP contribution in [-0.2, 0) is 0 Å². The maximum Gasteiger partial charge on any atom is 0.269 e. The number of carbonyl (C=O) groups is 1. The molecule has 5 nitrogen and oxygen atoms in total. The van der Waals surface area contributed by atoms with Gasteiger partial charge in [-0.15, -0.1) is 0 Å². The van der Waals surface area contributed by atoms with E-state index in [9.17, 15) is 14.9 Å². The topological polar surface area (TPSA) is 63.5 Å². The molecular formula is C11H10N2O3S2. The summed E-state index contributed by atoms with van der Waals surface area (Å²) >= 11 is 6.59. The zero-order chi connectivity index (χ0) is 13.3. The number of benzene rings is 1. The second kappa shape index (κ2) is 5.03. The van der Waals surface area contributed by atoms with Gasteiger partial charge in [0.1, 0.15) is 4.32 Å². The van der Waals surface area contributed by atoms with Gasteiger partial charge in [-0.25, -0.2) is 0 Å². The van der Waals surface area contributed by atoms with Crippen molar-refractivity contribution in [2.45, 2.75) is 13.0 Å². The lowest BCUT2D eigenvalue weighted by atomic mass is 10.1. The zero-order valence-corrected chi connectivity index (χ0v) is 11.2. The molecule has 1 aromatic carbocycles. The summed E-state index contributed by atoms with van der Waals surface area (Å²) in [6.07, 6.45) is 0. The van der Waals surface area contributed by atoms with Crippen molar-refractivity contribution in [2.75, 3.05) is 5.75 Å². The van der Waals surface area contributed by atoms with Gasteiger partial charge in [0, 0.05) is 29.5 Å². The van der Waals surface area contributed by atoms with Crippen molar-refractivity contribution in [2.24, 2.45) is 0 Å². The van der Waals surface area contributed by atoms with Crippen LogP contribution in [0.1, 0.15) is 17.3 Å². The monoisotopic (exact) mass is 282 g/mol. The third kappa shape index (κ3) is 2.37. The minimum atomic E-state index is -0.493. The molecule has 1 saturated heterocycles. The average molecular weight is 282 g/mol. The Kier molecular flexibility index (Phi) is 3.63. The molecule has 18 heavy (non-hydrogen) atoms. The lowest BCUT2D eigenvalue weighted by molar-refractivity contribution is -0.384. The number of non-ortho nitro benzene ring substituents is 1. The minimum Gasteiger partial charge on any atom is -0.290 e. The van der Waals surface area contributed by atoms with Gasteiger partial charge in [-0.3, -0.25) is 19.8 Å². The highest BCUT2D eigenvalue weighted by Gasteiger charge is 2.31. The number of nitro benzene ring substituents is 1. The molecule has 1 aromatic rings. The van der Waals surface area contributed by atoms with Gasteiger partial charge in [-0.2, -0.15) is 0 Å². The molecule has 0 N–H and O–H groups in total. The molecule has 0 radical (unpaired) electrons. The molecule has 0 spiro atoms. The summed E-state index contributed by atoms with van der Waals surface area (Å²) in [6, 6.07) is 5.62. The highest BCUT2D eigenvalue weighted by molar-refractivity contribution is 8.23. The average Bonchev–Trinajstić information content (AvgIpc) is 2.68. The van der Waals surface area contributed by atoms with Crippen molar-refractivity contribution < 1.29 is 9.72 Å². The van der Waals surface area contributed by atoms with E-state index in [0.29, 0.717) is 9.88 Å². The smallest absolute Gasteiger partial charge is 0.269 e. The molecule has 1 atom stereocenters. The quantitative estimate of drug-likeness (QED) is 0.473. The summed E-state index contributed by atoms with van der Waals surface area (Å²) in [5, 5.41) is 10.5. The van der Waals surface area contributed by atoms with E-state index in [1.807, 2.05) is 6.92 Å². The molecule has 0 saturated carbocycles. The van der Waals surface area contributed by atoms with E-state index in [1.165, 1.54) is 36.0 Å². The van der Waals surface area contributed by atoms with Crippen molar-refractivity contribution in [3.05, 3.63) is 39.9 Å². The van der Waals surface area contributed by atoms with Crippen molar-refractivity contribution >= 4 is 39.9 Å². The van der Waals surface area contributed by atoms with Gasteiger partial charge >= 0.3 is 0 Å². The molecule has 1 amide bonds. The Morgan fingerprint density at radius 2 is 2.11 bits per heavy atom. The molecule has 1 aliphatic rings. The summed E-state index contributed by atoms with van der Waals surface area (Å²) in [6.45, 7) is 1.93. The lowest BCUT2D eigenvalue weighted by Gasteiger charge is -2.20. The molecule has 0 bridgehead atoms. The van der Waals surface area contributed by atoms with E-state index >= 15 is 0 Å². The van der Waals surface area contributed by atoms with Gasteiger partial charge in [0.15, 0.2) is 0 Å². The first kappa shape index (κ1) is 13.0. The Hall–Kier alpha value is -1.47. The summed E-state index contributed by atoms with van der Waals surface area (Å²) in [4.78, 5) is 23.8. The SMILES string of the molecule is CC1CSC(=S)N1C(=O)c1ccc([N+](=O)[O-])cc1. The van der Waals surface area contributed by atoms with Crippen LogP contribution in [0, 0.1) is 10.1 Å². The second-order valence-electron chi connectivity index (χ2n) is 3.91. The normalized spacial score (nSPS) is 19.1. The maximum absolute atomic E-state index is 12.2. The first-order valence-corrected chi connectivity index (χ1v) is 6.65. The Balaban J connectivity index is 2.23. The standard InChI is InChI=1S/C11H10N2O3S2/c1-7-6-18-11(17)12(7)10(14)8-2-4-9(5-3-8)13(15)16/h2-5,7H,6H2,1H3. The predicted molar refractivity (Wildman–Crippen MR) is 73.8 cm³/mol. The molecule has 1 fully saturated rings. The molecule has 0 aromatic heterocycles. The summed E-state index contributed by atoms with van der Waals surface area (Å²) in [5.41, 5.74) is 0.385. The van der Waals surface area contributed by atoms with E-state index in [2.05, 4.69) is 0 Å². The van der Waals surface area contributed by atoms with E-state index in [1.54, 1.807) is 4.90 Å². The number of carbonyl (C=O) groups excluding carboxylic acids is 1. The van der Waals surface area contributed by atoms with Crippen LogP contribution in [0.5, 0.6) is 0 Å². The lowest BCUT2D eigenvalue weighted by Crippen LogP contribution is -2.36. The predicted octanol–water partition coefficient (Wildman–Crippen LogP) is 2.46. The molecule has 1 heterocycles. The van der Waals surface area contributed by atoms with Gasteiger partial charge in [0.05, 0.1) is 4.92 Å². The van der Waals surface area contributed by atoms with E-state index in [4.69, 9.17) is 12.2 Å². The number of hydrogen-bond acceptors (Lipinski definition) is 5. The first-order valence-electron chi connectivity index (χ1n) is 5.25. The Bertz CT molecular complexity index is 516. The van der Waals surface area contributed by atoms with Crippen molar-refractivity contribution in [1.82, 2.24) is 4.90 Å². The van der Waals surface area contributed by atoms with Crippen molar-refractivity contribution in [3.63, 3.8) is 0 Å². The van der Waals surface area contributed by atoms with Gasteiger partial charge in [0.2, 0.25) is 0 Å². The summed E-state index contributed by atoms with van der Waals surface area (Å²) in [7, 11) is 0. The third-order valence-corrected chi connectivity index (χ3v) is 4.27. The molecule has 0 aliphatic carbocycles. The molecular weight excluding hydrogens is 272 g/mol. The van der Waals surface area contributed by atoms with Crippen LogP contribution in [0.4, 0.5) is 5.69 Å². The Labute approximate surface area is 113 Å². The second-order valence-corrected chi connectivity index (χ2v) is 5.56. The summed E-state index contributed by atoms with van der Waals surface area (Å²) < 4.78 is 0.561. The Morgan fingerprint density at radius 3 is 2.56 bits per heavy atom. The number of nitrogens with zero attached hydrogens (tertiary/aromatic N) is 2. The fourth-order valence-electron chi connectivity index (χ4n) is 1.66. The summed E-state index contributed by atoms with van der Waals surface area (Å²) in [5.74, 6) is 0.588. The third-order valence-electron chi connectivity index (χ3n) is 2.63. The van der Waals surface area contributed by atoms with Crippen LogP contribution < -0.4 is 0 Å². The molecule has 2 rings (SSSR count). The minimum absolute atomic E-state index is 0.0297. The zero-order valence-electron chi connectivity index (χ0n) is 9.53. The van der Waals surface area contributed by atoms with Crippen molar-refractivity contribution in [1.29, 1.82) is 0 Å². The first-order chi connectivity index (χ1) is 8.50. The number of thioether (sulfide) groups is 1. The number of rotatable bonds is 2. The van der Waals surface area contributed by atoms with Crippen LogP contribution in [-0.4, -0.2) is 31.8 Å². The van der Waals surface area contributed by atoms with Crippen LogP contribution >= 0.6 is 24.0 Å². The largest absolute Gasteiger partial charge is 0.290 e. The number of amides is 1. The van der Waals surface area contributed by atoms with Crippen LogP contribution in [0.15, 0.2) is 24.3 Å². The van der Waals surface area contributed by atoms with Crippen LogP contribution in [0.2, 0.25) is 0 Å². The highest BCUT2D eigenvalue weighted by atomic mass is 32.2. The fraction of sp³-hybridized carbons (Fsp3) is 0.273. The maximum atomic E-state index is 12.2. The van der Waals surface area contributed by atoms with E-state index in [0.717, 1.165) is 5.75 Å². The van der Waals surface area contributed by atoms with Gasteiger partial charge in [-0.05, 0) is 19.1 Å².